The molecule has 1 heterocycles. The number of benzene rings is 2. The number of hydrogen-bond acceptors (Lipinski definition) is 5. The molecule has 0 saturated carbocycles. The number of ether oxygens (including phenoxy) is 3. The zero-order chi connectivity index (χ0) is 19.4. The van der Waals surface area contributed by atoms with Crippen LogP contribution in [0.3, 0.4) is 0 Å². The van der Waals surface area contributed by atoms with E-state index in [2.05, 4.69) is 5.32 Å². The second-order valence-corrected chi connectivity index (χ2v) is 6.81. The summed E-state index contributed by atoms with van der Waals surface area (Å²) < 4.78 is 17.1. The SMILES string of the molecule is COc1ccc(C)cc1NC(=O)[C@H](C)N(C)C[C@H]1COc2ccccc2O1. The van der Waals surface area contributed by atoms with Crippen molar-refractivity contribution in [1.29, 1.82) is 0 Å². The molecule has 0 saturated heterocycles. The second kappa shape index (κ2) is 8.31. The Bertz CT molecular complexity index is 809. The molecule has 1 amide bonds. The number of anilines is 1. The van der Waals surface area contributed by atoms with Crippen molar-refractivity contribution < 1.29 is 19.0 Å². The van der Waals surface area contributed by atoms with Crippen LogP contribution in [0.1, 0.15) is 12.5 Å². The van der Waals surface area contributed by atoms with E-state index in [1.807, 2.05) is 68.3 Å². The summed E-state index contributed by atoms with van der Waals surface area (Å²) in [7, 11) is 3.50. The molecule has 1 aliphatic heterocycles. The topological polar surface area (TPSA) is 60.0 Å². The predicted octanol–water partition coefficient (Wildman–Crippen LogP) is 3.10. The van der Waals surface area contributed by atoms with Crippen molar-refractivity contribution in [3.8, 4) is 17.2 Å². The summed E-state index contributed by atoms with van der Waals surface area (Å²) in [5.74, 6) is 2.04. The number of para-hydroxylation sites is 2. The van der Waals surface area contributed by atoms with Gasteiger partial charge in [-0.25, -0.2) is 0 Å². The van der Waals surface area contributed by atoms with Gasteiger partial charge in [0.2, 0.25) is 5.91 Å². The molecule has 1 aliphatic rings. The van der Waals surface area contributed by atoms with Crippen LogP contribution in [0.5, 0.6) is 17.2 Å². The van der Waals surface area contributed by atoms with Crippen LogP contribution in [0.25, 0.3) is 0 Å². The van der Waals surface area contributed by atoms with Gasteiger partial charge in [-0.2, -0.15) is 0 Å². The van der Waals surface area contributed by atoms with Crippen molar-refractivity contribution in [1.82, 2.24) is 4.90 Å². The molecule has 2 aromatic rings. The van der Waals surface area contributed by atoms with Gasteiger partial charge in [-0.3, -0.25) is 9.69 Å². The summed E-state index contributed by atoms with van der Waals surface area (Å²) in [4.78, 5) is 14.7. The number of nitrogens with one attached hydrogen (secondary N) is 1. The van der Waals surface area contributed by atoms with E-state index in [1.165, 1.54) is 0 Å². The summed E-state index contributed by atoms with van der Waals surface area (Å²) in [6, 6.07) is 13.0. The van der Waals surface area contributed by atoms with Gasteiger partial charge in [0.25, 0.3) is 0 Å². The Morgan fingerprint density at radius 3 is 2.78 bits per heavy atom. The Balaban J connectivity index is 1.60. The number of aryl methyl sites for hydroxylation is 1. The Morgan fingerprint density at radius 1 is 1.30 bits per heavy atom. The Labute approximate surface area is 160 Å². The smallest absolute Gasteiger partial charge is 0.241 e. The maximum absolute atomic E-state index is 12.7. The molecule has 1 N–H and O–H groups in total. The van der Waals surface area contributed by atoms with Gasteiger partial charge in [-0.15, -0.1) is 0 Å². The van der Waals surface area contributed by atoms with E-state index in [-0.39, 0.29) is 18.1 Å². The van der Waals surface area contributed by atoms with Crippen molar-refractivity contribution in [2.24, 2.45) is 0 Å². The third-order valence-electron chi connectivity index (χ3n) is 4.71. The number of hydrogen-bond donors (Lipinski definition) is 1. The lowest BCUT2D eigenvalue weighted by Crippen LogP contribution is -2.46. The number of nitrogens with zero attached hydrogens (tertiary/aromatic N) is 1. The normalized spacial score (nSPS) is 16.7. The summed E-state index contributed by atoms with van der Waals surface area (Å²) in [6.45, 7) is 4.88. The molecule has 2 aromatic carbocycles. The molecule has 144 valence electrons. The van der Waals surface area contributed by atoms with Crippen molar-refractivity contribution in [3.05, 3.63) is 48.0 Å². The molecule has 0 fully saturated rings. The predicted molar refractivity (Wildman–Crippen MR) is 105 cm³/mol. The maximum atomic E-state index is 12.7. The fourth-order valence-corrected chi connectivity index (χ4v) is 2.99. The molecule has 2 atom stereocenters. The van der Waals surface area contributed by atoms with Gasteiger partial charge in [0.1, 0.15) is 18.5 Å². The van der Waals surface area contributed by atoms with E-state index in [1.54, 1.807) is 7.11 Å². The van der Waals surface area contributed by atoms with Gasteiger partial charge >= 0.3 is 0 Å². The number of fused-ring (bicyclic) bond motifs is 1. The van der Waals surface area contributed by atoms with E-state index in [0.717, 1.165) is 17.1 Å². The van der Waals surface area contributed by atoms with Gasteiger partial charge < -0.3 is 19.5 Å². The molecule has 6 nitrogen and oxygen atoms in total. The monoisotopic (exact) mass is 370 g/mol. The minimum Gasteiger partial charge on any atom is -0.495 e. The van der Waals surface area contributed by atoms with Crippen LogP contribution >= 0.6 is 0 Å². The minimum atomic E-state index is -0.337. The van der Waals surface area contributed by atoms with Crippen LogP contribution in [0.2, 0.25) is 0 Å². The third-order valence-corrected chi connectivity index (χ3v) is 4.71. The van der Waals surface area contributed by atoms with Crippen molar-refractivity contribution in [2.75, 3.05) is 32.6 Å². The van der Waals surface area contributed by atoms with Gasteiger partial charge in [0.15, 0.2) is 11.5 Å². The summed E-state index contributed by atoms with van der Waals surface area (Å²) in [5.41, 5.74) is 1.73. The van der Waals surface area contributed by atoms with Crippen molar-refractivity contribution >= 4 is 11.6 Å². The molecule has 0 radical (unpaired) electrons. The lowest BCUT2D eigenvalue weighted by Gasteiger charge is -2.31. The van der Waals surface area contributed by atoms with Crippen LogP contribution in [-0.4, -0.2) is 50.3 Å². The number of carbonyl (C=O) groups excluding carboxylic acids is 1. The van der Waals surface area contributed by atoms with Crippen LogP contribution in [0.4, 0.5) is 5.69 Å². The maximum Gasteiger partial charge on any atom is 0.241 e. The van der Waals surface area contributed by atoms with E-state index in [9.17, 15) is 4.79 Å². The zero-order valence-electron chi connectivity index (χ0n) is 16.2. The fraction of sp³-hybridized carbons (Fsp3) is 0.381. The number of likely N-dealkylation sites (N-methyl/N-ethyl adjacent to an activating group) is 1. The molecule has 0 bridgehead atoms. The van der Waals surface area contributed by atoms with Crippen molar-refractivity contribution in [2.45, 2.75) is 26.0 Å². The molecule has 27 heavy (non-hydrogen) atoms. The lowest BCUT2D eigenvalue weighted by atomic mass is 10.2. The molecular weight excluding hydrogens is 344 g/mol. The molecule has 0 aromatic heterocycles. The Kier molecular flexibility index (Phi) is 5.86. The molecule has 6 heteroatoms. The number of amides is 1. The highest BCUT2D eigenvalue weighted by Gasteiger charge is 2.26. The molecule has 0 unspecified atom stereocenters. The van der Waals surface area contributed by atoms with Crippen LogP contribution in [0.15, 0.2) is 42.5 Å². The fourth-order valence-electron chi connectivity index (χ4n) is 2.99. The number of methoxy groups -OCH3 is 1. The first-order valence-corrected chi connectivity index (χ1v) is 9.02. The minimum absolute atomic E-state index is 0.0986. The third kappa shape index (κ3) is 4.52. The molecular formula is C21H26N2O4. The number of rotatable bonds is 6. The summed E-state index contributed by atoms with van der Waals surface area (Å²) in [6.07, 6.45) is -0.131. The van der Waals surface area contributed by atoms with Crippen molar-refractivity contribution in [3.63, 3.8) is 0 Å². The largest absolute Gasteiger partial charge is 0.495 e. The van der Waals surface area contributed by atoms with E-state index in [0.29, 0.717) is 24.6 Å². The number of carbonyl (C=O) groups is 1. The Hall–Kier alpha value is -2.73. The highest BCUT2D eigenvalue weighted by atomic mass is 16.6. The van der Waals surface area contributed by atoms with E-state index >= 15 is 0 Å². The highest BCUT2D eigenvalue weighted by molar-refractivity contribution is 5.95. The van der Waals surface area contributed by atoms with Crippen LogP contribution in [0, 0.1) is 6.92 Å². The molecule has 3 rings (SSSR count). The second-order valence-electron chi connectivity index (χ2n) is 6.81. The lowest BCUT2D eigenvalue weighted by molar-refractivity contribution is -0.120. The van der Waals surface area contributed by atoms with Gasteiger partial charge in [-0.1, -0.05) is 18.2 Å². The summed E-state index contributed by atoms with van der Waals surface area (Å²) in [5, 5.41) is 2.96. The van der Waals surface area contributed by atoms with Crippen LogP contribution in [-0.2, 0) is 4.79 Å². The first-order valence-electron chi connectivity index (χ1n) is 9.02. The standard InChI is InChI=1S/C21H26N2O4/c1-14-9-10-18(25-4)17(11-14)22-21(24)15(2)23(3)12-16-13-26-19-7-5-6-8-20(19)27-16/h5-11,15-16H,12-13H2,1-4H3,(H,22,24)/t15-,16-/m0/s1. The molecule has 0 aliphatic carbocycles. The summed E-state index contributed by atoms with van der Waals surface area (Å²) >= 11 is 0. The average Bonchev–Trinajstić information content (AvgIpc) is 2.67. The zero-order valence-corrected chi connectivity index (χ0v) is 16.2. The first-order chi connectivity index (χ1) is 13.0. The first kappa shape index (κ1) is 19.0. The average molecular weight is 370 g/mol. The molecule has 0 spiro atoms. The van der Waals surface area contributed by atoms with Gasteiger partial charge in [-0.05, 0) is 50.7 Å². The van der Waals surface area contributed by atoms with Gasteiger partial charge in [0.05, 0.1) is 18.8 Å². The van der Waals surface area contributed by atoms with Gasteiger partial charge in [0, 0.05) is 6.54 Å². The van der Waals surface area contributed by atoms with E-state index < -0.39 is 0 Å². The van der Waals surface area contributed by atoms with Crippen LogP contribution < -0.4 is 19.5 Å². The highest BCUT2D eigenvalue weighted by Crippen LogP contribution is 2.31. The van der Waals surface area contributed by atoms with E-state index in [4.69, 9.17) is 14.2 Å². The quantitative estimate of drug-likeness (QED) is 0.847. The Morgan fingerprint density at radius 2 is 2.04 bits per heavy atom.